The monoisotopic (exact) mass is 742 g/mol. The number of hydrogen-bond acceptors (Lipinski definition) is 4. The van der Waals surface area contributed by atoms with Crippen LogP contribution < -0.4 is 15.0 Å². The molecule has 0 atom stereocenters. The third-order valence-corrected chi connectivity index (χ3v) is 7.53. The Morgan fingerprint density at radius 2 is 1.74 bits per heavy atom. The molecular weight excluding hydrogens is 726 g/mol. The second kappa shape index (κ2) is 10.6. The first-order chi connectivity index (χ1) is 16.2. The topological polar surface area (TPSA) is 75.7 Å². The van der Waals surface area contributed by atoms with Crippen molar-refractivity contribution in [2.75, 3.05) is 4.90 Å². The van der Waals surface area contributed by atoms with Crippen molar-refractivity contribution in [2.45, 2.75) is 13.5 Å². The van der Waals surface area contributed by atoms with E-state index in [4.69, 9.17) is 4.74 Å². The number of rotatable bonds is 5. The number of anilines is 1. The van der Waals surface area contributed by atoms with Gasteiger partial charge in [-0.15, -0.1) is 0 Å². The predicted octanol–water partition coefficient (Wildman–Crippen LogP) is 6.21. The Hall–Kier alpha value is -2.25. The maximum absolute atomic E-state index is 13.1. The fourth-order valence-electron chi connectivity index (χ4n) is 3.29. The largest absolute Gasteiger partial charge is 0.488 e. The van der Waals surface area contributed by atoms with Crippen LogP contribution in [0, 0.1) is 14.1 Å². The molecular formula is C25H17BrI2N2O4. The molecule has 3 aromatic rings. The van der Waals surface area contributed by atoms with Gasteiger partial charge in [-0.1, -0.05) is 34.1 Å². The molecule has 1 saturated heterocycles. The molecule has 3 aromatic carbocycles. The molecule has 0 radical (unpaired) electrons. The van der Waals surface area contributed by atoms with Gasteiger partial charge in [0.25, 0.3) is 11.8 Å². The lowest BCUT2D eigenvalue weighted by Gasteiger charge is -2.26. The molecule has 1 aliphatic heterocycles. The van der Waals surface area contributed by atoms with E-state index in [-0.39, 0.29) is 5.57 Å². The normalized spacial score (nSPS) is 15.0. The minimum absolute atomic E-state index is 0.122. The van der Waals surface area contributed by atoms with Gasteiger partial charge in [0.05, 0.1) is 9.26 Å². The van der Waals surface area contributed by atoms with Gasteiger partial charge >= 0.3 is 6.03 Å². The SMILES string of the molecule is Cc1cc(N2C(=O)NC(=O)/C(=C\c3ccc(OCc4ccc(I)cc4)c(I)c3)C2=O)ccc1Br. The Morgan fingerprint density at radius 1 is 1.00 bits per heavy atom. The summed E-state index contributed by atoms with van der Waals surface area (Å²) in [4.78, 5) is 39.0. The first kappa shape index (κ1) is 24.9. The average molecular weight is 743 g/mol. The third-order valence-electron chi connectivity index (χ3n) is 5.08. The van der Waals surface area contributed by atoms with Crippen molar-refractivity contribution in [1.29, 1.82) is 0 Å². The van der Waals surface area contributed by atoms with Crippen LogP contribution >= 0.6 is 61.1 Å². The zero-order valence-electron chi connectivity index (χ0n) is 17.8. The summed E-state index contributed by atoms with van der Waals surface area (Å²) in [6, 6.07) is 17.8. The van der Waals surface area contributed by atoms with Gasteiger partial charge in [0.15, 0.2) is 0 Å². The highest BCUT2D eigenvalue weighted by Crippen LogP contribution is 2.28. The van der Waals surface area contributed by atoms with Crippen molar-refractivity contribution in [1.82, 2.24) is 5.32 Å². The van der Waals surface area contributed by atoms with E-state index in [1.54, 1.807) is 30.3 Å². The minimum atomic E-state index is -0.775. The van der Waals surface area contributed by atoms with E-state index in [1.165, 1.54) is 6.08 Å². The summed E-state index contributed by atoms with van der Waals surface area (Å²) in [6.07, 6.45) is 1.48. The van der Waals surface area contributed by atoms with Crippen LogP contribution in [-0.2, 0) is 16.2 Å². The summed E-state index contributed by atoms with van der Waals surface area (Å²) >= 11 is 7.82. The Kier molecular flexibility index (Phi) is 7.73. The molecule has 1 heterocycles. The van der Waals surface area contributed by atoms with Crippen LogP contribution in [0.1, 0.15) is 16.7 Å². The summed E-state index contributed by atoms with van der Waals surface area (Å²) < 4.78 is 8.77. The van der Waals surface area contributed by atoms with Crippen molar-refractivity contribution in [3.8, 4) is 5.75 Å². The van der Waals surface area contributed by atoms with Gasteiger partial charge in [-0.2, -0.15) is 0 Å². The van der Waals surface area contributed by atoms with Crippen LogP contribution in [0.15, 0.2) is 70.7 Å². The summed E-state index contributed by atoms with van der Waals surface area (Å²) in [7, 11) is 0. The minimum Gasteiger partial charge on any atom is -0.488 e. The molecule has 4 rings (SSSR count). The number of carbonyl (C=O) groups excluding carboxylic acids is 3. The van der Waals surface area contributed by atoms with Crippen LogP contribution in [0.25, 0.3) is 6.08 Å². The van der Waals surface area contributed by atoms with Gasteiger partial charge in [0.1, 0.15) is 17.9 Å². The lowest BCUT2D eigenvalue weighted by atomic mass is 10.1. The quantitative estimate of drug-likeness (QED) is 0.192. The van der Waals surface area contributed by atoms with Gasteiger partial charge in [0.2, 0.25) is 0 Å². The highest BCUT2D eigenvalue weighted by molar-refractivity contribution is 14.1. The molecule has 0 bridgehead atoms. The van der Waals surface area contributed by atoms with Crippen LogP contribution in [0.2, 0.25) is 0 Å². The lowest BCUT2D eigenvalue weighted by Crippen LogP contribution is -2.54. The fraction of sp³-hybridized carbons (Fsp3) is 0.0800. The number of hydrogen-bond donors (Lipinski definition) is 1. The number of carbonyl (C=O) groups is 3. The van der Waals surface area contributed by atoms with E-state index in [2.05, 4.69) is 66.4 Å². The number of imide groups is 2. The van der Waals surface area contributed by atoms with Crippen LogP contribution in [0.5, 0.6) is 5.75 Å². The fourth-order valence-corrected chi connectivity index (χ4v) is 4.59. The lowest BCUT2D eigenvalue weighted by molar-refractivity contribution is -0.122. The average Bonchev–Trinajstić information content (AvgIpc) is 2.79. The number of benzene rings is 3. The molecule has 0 saturated carbocycles. The number of urea groups is 1. The van der Waals surface area contributed by atoms with Gasteiger partial charge < -0.3 is 4.74 Å². The first-order valence-electron chi connectivity index (χ1n) is 10.1. The van der Waals surface area contributed by atoms with Crippen molar-refractivity contribution in [3.63, 3.8) is 0 Å². The second-order valence-corrected chi connectivity index (χ2v) is 10.8. The van der Waals surface area contributed by atoms with Gasteiger partial charge in [-0.05, 0) is 117 Å². The van der Waals surface area contributed by atoms with Crippen LogP contribution in [0.4, 0.5) is 10.5 Å². The highest BCUT2D eigenvalue weighted by Gasteiger charge is 2.36. The maximum Gasteiger partial charge on any atom is 0.335 e. The number of nitrogens with zero attached hydrogens (tertiary/aromatic N) is 1. The van der Waals surface area contributed by atoms with Gasteiger partial charge in [0, 0.05) is 8.04 Å². The van der Waals surface area contributed by atoms with E-state index in [0.717, 1.165) is 27.6 Å². The van der Waals surface area contributed by atoms with E-state index in [0.29, 0.717) is 23.6 Å². The van der Waals surface area contributed by atoms with Gasteiger partial charge in [-0.25, -0.2) is 9.69 Å². The molecule has 1 N–H and O–H groups in total. The molecule has 0 aromatic heterocycles. The highest BCUT2D eigenvalue weighted by atomic mass is 127. The Balaban J connectivity index is 1.56. The number of aryl methyl sites for hydroxylation is 1. The molecule has 9 heteroatoms. The molecule has 34 heavy (non-hydrogen) atoms. The molecule has 4 amide bonds. The summed E-state index contributed by atoms with van der Waals surface area (Å²) in [6.45, 7) is 2.28. The van der Waals surface area contributed by atoms with Crippen molar-refractivity contribution < 1.29 is 19.1 Å². The molecule has 1 aliphatic rings. The van der Waals surface area contributed by atoms with Crippen LogP contribution in [0.3, 0.4) is 0 Å². The molecule has 1 fully saturated rings. The molecule has 0 aliphatic carbocycles. The number of ether oxygens (including phenoxy) is 1. The molecule has 0 spiro atoms. The number of halogens is 3. The Bertz CT molecular complexity index is 1340. The standard InChI is InChI=1S/C25H17BrI2N2O4/c1-14-10-18(7-8-20(14)26)30-24(32)19(23(31)29-25(30)33)11-16-4-9-22(21(28)12-16)34-13-15-2-5-17(27)6-3-15/h2-12H,13H2,1H3,(H,29,31,33)/b19-11+. The summed E-state index contributed by atoms with van der Waals surface area (Å²) in [5.41, 5.74) is 2.82. The van der Waals surface area contributed by atoms with Gasteiger partial charge in [-0.3, -0.25) is 14.9 Å². The Morgan fingerprint density at radius 3 is 2.41 bits per heavy atom. The summed E-state index contributed by atoms with van der Waals surface area (Å²) in [5.74, 6) is -0.707. The molecule has 0 unspecified atom stereocenters. The predicted molar refractivity (Wildman–Crippen MR) is 151 cm³/mol. The Labute approximate surface area is 232 Å². The second-order valence-electron chi connectivity index (χ2n) is 7.50. The van der Waals surface area contributed by atoms with Crippen molar-refractivity contribution in [3.05, 3.63) is 94.5 Å². The first-order valence-corrected chi connectivity index (χ1v) is 13.0. The summed E-state index contributed by atoms with van der Waals surface area (Å²) in [5, 5.41) is 2.25. The number of nitrogens with one attached hydrogen (secondary N) is 1. The van der Waals surface area contributed by atoms with E-state index < -0.39 is 17.8 Å². The smallest absolute Gasteiger partial charge is 0.335 e. The van der Waals surface area contributed by atoms with Crippen molar-refractivity contribution in [2.24, 2.45) is 0 Å². The zero-order chi connectivity index (χ0) is 24.4. The van der Waals surface area contributed by atoms with E-state index >= 15 is 0 Å². The number of barbiturate groups is 1. The van der Waals surface area contributed by atoms with Crippen LogP contribution in [-0.4, -0.2) is 17.8 Å². The maximum atomic E-state index is 13.1. The van der Waals surface area contributed by atoms with E-state index in [1.807, 2.05) is 37.3 Å². The molecule has 6 nitrogen and oxygen atoms in total. The third kappa shape index (κ3) is 5.52. The zero-order valence-corrected chi connectivity index (χ0v) is 23.7. The van der Waals surface area contributed by atoms with Crippen molar-refractivity contribution >= 4 is 90.7 Å². The number of amides is 4. The van der Waals surface area contributed by atoms with E-state index in [9.17, 15) is 14.4 Å². The molecule has 172 valence electrons.